The van der Waals surface area contributed by atoms with Crippen molar-refractivity contribution in [3.05, 3.63) is 35.9 Å². The highest BCUT2D eigenvalue weighted by molar-refractivity contribution is 6.74. The van der Waals surface area contributed by atoms with Crippen LogP contribution < -0.4 is 0 Å². The number of benzene rings is 1. The summed E-state index contributed by atoms with van der Waals surface area (Å²) in [6.07, 6.45) is -2.47. The molecule has 0 aromatic heterocycles. The Hall–Kier alpha value is -1.25. The van der Waals surface area contributed by atoms with Gasteiger partial charge in [0.2, 0.25) is 0 Å². The minimum Gasteiger partial charge on any atom is -0.460 e. The lowest BCUT2D eigenvalue weighted by molar-refractivity contribution is -0.162. The first kappa shape index (κ1) is 33.8. The van der Waals surface area contributed by atoms with Crippen molar-refractivity contribution in [3.8, 4) is 0 Å². The second-order valence-corrected chi connectivity index (χ2v) is 18.5. The van der Waals surface area contributed by atoms with Gasteiger partial charge in [-0.1, -0.05) is 78.8 Å². The highest BCUT2D eigenvalue weighted by atomic mass is 28.4. The maximum absolute atomic E-state index is 12.4. The van der Waals surface area contributed by atoms with E-state index in [0.29, 0.717) is 13.2 Å². The minimum atomic E-state index is -2.19. The highest BCUT2D eigenvalue weighted by Crippen LogP contribution is 2.41. The number of carbonyl (C=O) groups is 1. The summed E-state index contributed by atoms with van der Waals surface area (Å²) in [5.74, 6) is -0.793. The average molecular weight is 539 g/mol. The van der Waals surface area contributed by atoms with Crippen LogP contribution in [0.3, 0.4) is 0 Å². The van der Waals surface area contributed by atoms with Gasteiger partial charge in [-0.25, -0.2) is 0 Å². The zero-order valence-corrected chi connectivity index (χ0v) is 26.4. The van der Waals surface area contributed by atoms with Gasteiger partial charge in [-0.15, -0.1) is 0 Å². The third kappa shape index (κ3) is 10.4. The van der Waals surface area contributed by atoms with Crippen LogP contribution in [0, 0.1) is 17.3 Å². The van der Waals surface area contributed by atoms with Gasteiger partial charge in [-0.05, 0) is 44.5 Å². The van der Waals surface area contributed by atoms with Crippen molar-refractivity contribution in [1.82, 2.24) is 0 Å². The summed E-state index contributed by atoms with van der Waals surface area (Å²) in [5.41, 5.74) is -0.490. The first-order valence-corrected chi connectivity index (χ1v) is 16.5. The Balaban J connectivity index is 3.08. The van der Waals surface area contributed by atoms with Crippen LogP contribution in [0.4, 0.5) is 0 Å². The fourth-order valence-corrected chi connectivity index (χ4v) is 5.63. The molecule has 0 heterocycles. The van der Waals surface area contributed by atoms with Crippen LogP contribution in [0.25, 0.3) is 0 Å². The lowest BCUT2D eigenvalue weighted by atomic mass is 9.72. The molecule has 1 aromatic rings. The van der Waals surface area contributed by atoms with Crippen molar-refractivity contribution in [2.45, 2.75) is 124 Å². The topological polar surface area (TPSA) is 85.2 Å². The van der Waals surface area contributed by atoms with Gasteiger partial charge in [0.15, 0.2) is 8.32 Å². The molecule has 5 atom stereocenters. The van der Waals surface area contributed by atoms with E-state index in [1.807, 2.05) is 37.3 Å². The van der Waals surface area contributed by atoms with Gasteiger partial charge in [0.05, 0.1) is 37.9 Å². The van der Waals surface area contributed by atoms with E-state index in [-0.39, 0.29) is 29.4 Å². The third-order valence-corrected chi connectivity index (χ3v) is 12.2. The van der Waals surface area contributed by atoms with Crippen molar-refractivity contribution < 1.29 is 28.9 Å². The quantitative estimate of drug-likeness (QED) is 0.225. The fraction of sp³-hybridized carbons (Fsp3) is 0.767. The molecule has 0 saturated carbocycles. The molecule has 0 aliphatic carbocycles. The van der Waals surface area contributed by atoms with Crippen LogP contribution >= 0.6 is 0 Å². The number of aliphatic hydroxyl groups is 2. The molecule has 0 aliphatic heterocycles. The molecule has 0 amide bonds. The summed E-state index contributed by atoms with van der Waals surface area (Å²) in [6.45, 7) is 25.0. The first-order valence-electron chi connectivity index (χ1n) is 13.6. The third-order valence-electron chi connectivity index (χ3n) is 7.71. The summed E-state index contributed by atoms with van der Waals surface area (Å²) in [5, 5.41) is 22.6. The second-order valence-electron chi connectivity index (χ2n) is 13.8. The SMILES string of the molecule is CC(COCc1ccccc1)C(O[Si](C)(C)C(C)(C)C)C(C)C(O)C(C)(C)C(O)CC(=O)OC(C)(C)C. The molecule has 0 spiro atoms. The van der Waals surface area contributed by atoms with Gasteiger partial charge < -0.3 is 24.1 Å². The molecule has 1 rings (SSSR count). The monoisotopic (exact) mass is 538 g/mol. The van der Waals surface area contributed by atoms with E-state index in [9.17, 15) is 15.0 Å². The number of rotatable bonds is 13. The molecular weight excluding hydrogens is 484 g/mol. The Kier molecular flexibility index (Phi) is 12.1. The summed E-state index contributed by atoms with van der Waals surface area (Å²) < 4.78 is 18.4. The second kappa shape index (κ2) is 13.2. The first-order chi connectivity index (χ1) is 16.7. The predicted molar refractivity (Wildman–Crippen MR) is 153 cm³/mol. The molecule has 0 saturated heterocycles. The molecule has 0 bridgehead atoms. The van der Waals surface area contributed by atoms with E-state index in [1.54, 1.807) is 34.6 Å². The zero-order chi connectivity index (χ0) is 28.8. The predicted octanol–water partition coefficient (Wildman–Crippen LogP) is 6.35. The molecule has 0 fully saturated rings. The van der Waals surface area contributed by atoms with Gasteiger partial charge >= 0.3 is 5.97 Å². The lowest BCUT2D eigenvalue weighted by Crippen LogP contribution is -2.53. The maximum Gasteiger partial charge on any atom is 0.308 e. The Morgan fingerprint density at radius 2 is 1.49 bits per heavy atom. The number of ether oxygens (including phenoxy) is 2. The van der Waals surface area contributed by atoms with Crippen LogP contribution in [0.2, 0.25) is 18.1 Å². The van der Waals surface area contributed by atoms with E-state index in [0.717, 1.165) is 5.56 Å². The molecule has 37 heavy (non-hydrogen) atoms. The molecule has 7 heteroatoms. The number of hydrogen-bond donors (Lipinski definition) is 2. The number of aliphatic hydroxyl groups excluding tert-OH is 2. The van der Waals surface area contributed by atoms with Crippen LogP contribution in [0.1, 0.15) is 81.2 Å². The lowest BCUT2D eigenvalue weighted by Gasteiger charge is -2.46. The Bertz CT molecular complexity index is 825. The molecule has 214 valence electrons. The summed E-state index contributed by atoms with van der Waals surface area (Å²) in [6, 6.07) is 10.0. The van der Waals surface area contributed by atoms with E-state index >= 15 is 0 Å². The summed E-state index contributed by atoms with van der Waals surface area (Å²) >= 11 is 0. The van der Waals surface area contributed by atoms with Gasteiger partial charge in [0, 0.05) is 17.3 Å². The van der Waals surface area contributed by atoms with E-state index < -0.39 is 37.5 Å². The standard InChI is InChI=1S/C30H54O6Si/c1-21(19-34-20-23-16-14-13-15-17-23)26(36-37(11,12)29(6,7)8)22(2)27(33)30(9,10)24(31)18-25(32)35-28(3,4)5/h13-17,21-22,24,26-27,31,33H,18-20H2,1-12H3. The molecule has 2 N–H and O–H groups in total. The van der Waals surface area contributed by atoms with Crippen LogP contribution in [-0.4, -0.2) is 55.0 Å². The van der Waals surface area contributed by atoms with Crippen molar-refractivity contribution in [2.75, 3.05) is 6.61 Å². The summed E-state index contributed by atoms with van der Waals surface area (Å²) in [7, 11) is -2.19. The van der Waals surface area contributed by atoms with Crippen LogP contribution in [-0.2, 0) is 25.3 Å². The molecule has 0 aliphatic rings. The van der Waals surface area contributed by atoms with Gasteiger partial charge in [0.25, 0.3) is 0 Å². The van der Waals surface area contributed by atoms with E-state index in [4.69, 9.17) is 13.9 Å². The van der Waals surface area contributed by atoms with Gasteiger partial charge in [-0.3, -0.25) is 4.79 Å². The molecule has 0 radical (unpaired) electrons. The average Bonchev–Trinajstić information content (AvgIpc) is 2.74. The number of carbonyl (C=O) groups excluding carboxylic acids is 1. The Morgan fingerprint density at radius 3 is 1.97 bits per heavy atom. The normalized spacial score (nSPS) is 17.6. The molecule has 1 aromatic carbocycles. The van der Waals surface area contributed by atoms with E-state index in [1.165, 1.54) is 0 Å². The van der Waals surface area contributed by atoms with Crippen molar-refractivity contribution in [3.63, 3.8) is 0 Å². The number of esters is 1. The van der Waals surface area contributed by atoms with E-state index in [2.05, 4.69) is 40.8 Å². The largest absolute Gasteiger partial charge is 0.460 e. The van der Waals surface area contributed by atoms with Crippen molar-refractivity contribution >= 4 is 14.3 Å². The van der Waals surface area contributed by atoms with Crippen LogP contribution in [0.5, 0.6) is 0 Å². The van der Waals surface area contributed by atoms with Crippen LogP contribution in [0.15, 0.2) is 30.3 Å². The van der Waals surface area contributed by atoms with Crippen molar-refractivity contribution in [1.29, 1.82) is 0 Å². The van der Waals surface area contributed by atoms with Gasteiger partial charge in [0.1, 0.15) is 5.60 Å². The summed E-state index contributed by atoms with van der Waals surface area (Å²) in [4.78, 5) is 12.4. The fourth-order valence-electron chi connectivity index (χ4n) is 4.15. The van der Waals surface area contributed by atoms with Gasteiger partial charge in [-0.2, -0.15) is 0 Å². The molecular formula is C30H54O6Si. The zero-order valence-electron chi connectivity index (χ0n) is 25.4. The highest BCUT2D eigenvalue weighted by Gasteiger charge is 2.47. The van der Waals surface area contributed by atoms with Crippen molar-refractivity contribution in [2.24, 2.45) is 17.3 Å². The smallest absolute Gasteiger partial charge is 0.308 e. The molecule has 5 unspecified atom stereocenters. The minimum absolute atomic E-state index is 0.00119. The Labute approximate surface area is 227 Å². The Morgan fingerprint density at radius 1 is 0.946 bits per heavy atom. The molecule has 6 nitrogen and oxygen atoms in total. The number of hydrogen-bond acceptors (Lipinski definition) is 6. The maximum atomic E-state index is 12.4.